The van der Waals surface area contributed by atoms with E-state index in [1.54, 1.807) is 54.1 Å². The summed E-state index contributed by atoms with van der Waals surface area (Å²) in [6, 6.07) is -1.01. The first-order chi connectivity index (χ1) is 53.2. The quantitative estimate of drug-likeness (QED) is 0.0214. The summed E-state index contributed by atoms with van der Waals surface area (Å²) < 4.78 is 22.3. The fraction of sp³-hybridized carbons (Fsp3) is 0.743. The molecule has 1 aromatic carbocycles. The standard InChI is InChI=1S/C74H127N13O26/c1-14-42(6)62(86(11)71(105)60(40(2)3)84-70(104)61(41(4)5)85(9)10)55(110-12)35-59(97)87-30-18-22-52(87)65(111-13)43(7)66(100)83-50(32-45-20-16-15-17-21-45)69(103)76-27-19-31-112-73(108)44(8)80-58(96)34-51(72(106)107)81-57(95)26-29-78-74(109)113-39-48(75)67(101)82-49(68(102)77-28-25-46(90)33-47(91)37-88)23-24-56(94)79-36-53(92)63(98)64(99)54(93)38-89/h15-17,20-21,40-44,46-55,60-65,88-93,98-99H,14,18-19,22-39,75H2,1-13H3,(H,76,103)(H,77,102)(H,78,109)(H,79,94)(H,80,96)(H,81,95)(H,82,101)(H,83,100)(H,84,104)(H,106,107)/t42-,43+,44?,46+,47-,48?,49?,50-,51?,52-,53-,54+,55+,60?,61-,62-,63+,64+,65+/m0/s1. The number of carboxylic acids is 1. The summed E-state index contributed by atoms with van der Waals surface area (Å²) in [5.41, 5.74) is 6.63. The number of carbonyl (C=O) groups is 13. The molecule has 1 aliphatic heterocycles. The van der Waals surface area contributed by atoms with Crippen LogP contribution in [-0.4, -0.2) is 335 Å². The van der Waals surface area contributed by atoms with Crippen LogP contribution in [0, 0.1) is 23.7 Å². The Kier molecular flexibility index (Phi) is 46.5. The predicted octanol–water partition coefficient (Wildman–Crippen LogP) is -5.25. The zero-order valence-electron chi connectivity index (χ0n) is 67.2. The molecule has 0 bridgehead atoms. The maximum atomic E-state index is 14.6. The molecule has 0 radical (unpaired) electrons. The number of alkyl carbamates (subject to hydrolysis) is 1. The topological polar surface area (TPSA) is 585 Å². The van der Waals surface area contributed by atoms with Gasteiger partial charge in [0.25, 0.3) is 0 Å². The zero-order valence-corrected chi connectivity index (χ0v) is 67.2. The number of esters is 1. The fourth-order valence-electron chi connectivity index (χ4n) is 12.9. The summed E-state index contributed by atoms with van der Waals surface area (Å²) in [6.45, 7) is 10.8. The van der Waals surface area contributed by atoms with Crippen molar-refractivity contribution in [2.24, 2.45) is 29.4 Å². The number of nitrogens with two attached hydrogens (primary N) is 1. The van der Waals surface area contributed by atoms with Crippen LogP contribution in [0.15, 0.2) is 30.3 Å². The Morgan fingerprint density at radius 3 is 1.84 bits per heavy atom. The van der Waals surface area contributed by atoms with Gasteiger partial charge in [-0.25, -0.2) is 14.4 Å². The van der Waals surface area contributed by atoms with E-state index in [-0.39, 0.29) is 87.3 Å². The number of rotatable bonds is 54. The number of likely N-dealkylation sites (tertiary alicyclic amines) is 1. The molecule has 0 aliphatic carbocycles. The van der Waals surface area contributed by atoms with Gasteiger partial charge in [0.1, 0.15) is 61.2 Å². The van der Waals surface area contributed by atoms with Crippen LogP contribution in [0.5, 0.6) is 0 Å². The Morgan fingerprint density at radius 1 is 0.628 bits per heavy atom. The first kappa shape index (κ1) is 101. The van der Waals surface area contributed by atoms with E-state index in [4.69, 9.17) is 34.9 Å². The lowest BCUT2D eigenvalue weighted by Crippen LogP contribution is -2.59. The molecule has 1 aromatic rings. The number of methoxy groups -OCH3 is 2. The molecule has 39 heteroatoms. The monoisotopic (exact) mass is 1610 g/mol. The SMILES string of the molecule is CC[C@H](C)[C@@H]([C@@H](CC(=O)N1CCC[C@H]1[C@H](OC)[C@@H](C)C(=O)N[C@@H](Cc1ccccc1)C(=O)NCCCOC(=O)C(C)NC(=O)CC(NC(=O)CCNC(=O)OCC(N)C(=O)NC(CCC(=O)NC[C@H](O)[C@@H](O)[C@H](O)[C@H](O)CO)C(=O)NCC[C@@H](O)C[C@H](O)CO)C(=O)O)OC)N(C)C(=O)C(NC(=O)[C@H](C(C)C)N(C)C)C(C)C. The Hall–Kier alpha value is -8.35. The molecular weight excluding hydrogens is 1490 g/mol. The second-order valence-corrected chi connectivity index (χ2v) is 29.4. The van der Waals surface area contributed by atoms with Gasteiger partial charge in [0.15, 0.2) is 0 Å². The molecule has 1 fully saturated rings. The van der Waals surface area contributed by atoms with Crippen molar-refractivity contribution >= 4 is 77.1 Å². The summed E-state index contributed by atoms with van der Waals surface area (Å²) in [5, 5.41) is 109. The molecule has 113 heavy (non-hydrogen) atoms. The number of likely N-dealkylation sites (N-methyl/N-ethyl adjacent to an activating group) is 2. The summed E-state index contributed by atoms with van der Waals surface area (Å²) in [7, 11) is 8.23. The smallest absolute Gasteiger partial charge is 0.407 e. The van der Waals surface area contributed by atoms with Crippen LogP contribution in [0.1, 0.15) is 132 Å². The minimum atomic E-state index is -2.00. The number of carbonyl (C=O) groups excluding carboxylic acids is 12. The number of nitrogens with zero attached hydrogens (tertiary/aromatic N) is 3. The molecule has 5 unspecified atom stereocenters. The van der Waals surface area contributed by atoms with E-state index in [0.717, 1.165) is 5.56 Å². The number of aliphatic hydroxyl groups is 8. The van der Waals surface area contributed by atoms with Crippen LogP contribution in [0.4, 0.5) is 4.79 Å². The second-order valence-electron chi connectivity index (χ2n) is 29.4. The highest BCUT2D eigenvalue weighted by atomic mass is 16.6. The molecule has 0 spiro atoms. The lowest BCUT2D eigenvalue weighted by molar-refractivity contribution is -0.148. The predicted molar refractivity (Wildman–Crippen MR) is 406 cm³/mol. The van der Waals surface area contributed by atoms with Crippen LogP contribution in [0.3, 0.4) is 0 Å². The minimum Gasteiger partial charge on any atom is -0.480 e. The summed E-state index contributed by atoms with van der Waals surface area (Å²) in [5.74, 6) is -10.6. The maximum absolute atomic E-state index is 14.6. The molecule has 0 aromatic heterocycles. The molecule has 0 saturated carbocycles. The maximum Gasteiger partial charge on any atom is 0.407 e. The number of nitrogens with one attached hydrogen (secondary N) is 9. The van der Waals surface area contributed by atoms with Gasteiger partial charge >= 0.3 is 18.0 Å². The lowest BCUT2D eigenvalue weighted by Gasteiger charge is -2.41. The van der Waals surface area contributed by atoms with Crippen molar-refractivity contribution in [3.05, 3.63) is 35.9 Å². The lowest BCUT2D eigenvalue weighted by atomic mass is 9.89. The Morgan fingerprint density at radius 2 is 1.26 bits per heavy atom. The third-order valence-corrected chi connectivity index (χ3v) is 19.5. The first-order valence-electron chi connectivity index (χ1n) is 38.2. The van der Waals surface area contributed by atoms with Crippen LogP contribution in [0.2, 0.25) is 0 Å². The van der Waals surface area contributed by atoms with E-state index in [1.807, 2.05) is 60.5 Å². The van der Waals surface area contributed by atoms with Gasteiger partial charge in [-0.05, 0) is 76.4 Å². The van der Waals surface area contributed by atoms with E-state index in [9.17, 15) is 98.1 Å². The van der Waals surface area contributed by atoms with Crippen molar-refractivity contribution in [1.29, 1.82) is 0 Å². The molecule has 11 amide bonds. The number of hydrogen-bond donors (Lipinski definition) is 19. The van der Waals surface area contributed by atoms with Crippen LogP contribution in [0.25, 0.3) is 0 Å². The van der Waals surface area contributed by atoms with Crippen molar-refractivity contribution in [2.45, 2.75) is 236 Å². The van der Waals surface area contributed by atoms with Crippen molar-refractivity contribution in [2.75, 3.05) is 94.5 Å². The van der Waals surface area contributed by atoms with E-state index in [1.165, 1.54) is 21.1 Å². The van der Waals surface area contributed by atoms with Gasteiger partial charge in [0.05, 0.1) is 87.2 Å². The van der Waals surface area contributed by atoms with E-state index in [2.05, 4.69) is 47.9 Å². The Labute approximate surface area is 660 Å². The van der Waals surface area contributed by atoms with Gasteiger partial charge < -0.3 is 128 Å². The van der Waals surface area contributed by atoms with Crippen LogP contribution < -0.4 is 53.6 Å². The number of amides is 11. The first-order valence-corrected chi connectivity index (χ1v) is 38.2. The molecule has 20 N–H and O–H groups in total. The van der Waals surface area contributed by atoms with Gasteiger partial charge in [-0.1, -0.05) is 85.2 Å². The van der Waals surface area contributed by atoms with E-state index in [0.29, 0.717) is 25.8 Å². The van der Waals surface area contributed by atoms with Crippen molar-refractivity contribution in [1.82, 2.24) is 62.6 Å². The number of ether oxygens (including phenoxy) is 4. The number of carboxylic acid groups (broad SMARTS) is 1. The van der Waals surface area contributed by atoms with Crippen molar-refractivity contribution < 1.29 is 127 Å². The highest BCUT2D eigenvalue weighted by molar-refractivity contribution is 5.93. The minimum absolute atomic E-state index is 0.0324. The summed E-state index contributed by atoms with van der Waals surface area (Å²) in [6.07, 6.45) is -13.8. The van der Waals surface area contributed by atoms with Crippen molar-refractivity contribution in [3.8, 4) is 0 Å². The van der Waals surface area contributed by atoms with Crippen LogP contribution >= 0.6 is 0 Å². The third kappa shape index (κ3) is 35.1. The molecule has 39 nitrogen and oxygen atoms in total. The normalized spacial score (nSPS) is 17.7. The molecule has 2 rings (SSSR count). The van der Waals surface area contributed by atoms with Gasteiger partial charge in [-0.15, -0.1) is 0 Å². The van der Waals surface area contributed by atoms with Crippen LogP contribution in [-0.2, 0) is 82.9 Å². The number of benzene rings is 1. The molecule has 644 valence electrons. The average Bonchev–Trinajstić information content (AvgIpc) is 1.74. The molecule has 19 atom stereocenters. The number of hydrogen-bond acceptors (Lipinski definition) is 27. The highest BCUT2D eigenvalue weighted by Gasteiger charge is 2.44. The zero-order chi connectivity index (χ0) is 85.5. The van der Waals surface area contributed by atoms with E-state index < -0.39 is 227 Å². The fourth-order valence-corrected chi connectivity index (χ4v) is 12.9. The molecule has 1 saturated heterocycles. The molecule has 1 aliphatic rings. The third-order valence-electron chi connectivity index (χ3n) is 19.5. The summed E-state index contributed by atoms with van der Waals surface area (Å²) >= 11 is 0. The average molecular weight is 1610 g/mol. The van der Waals surface area contributed by atoms with Gasteiger partial charge in [0, 0.05) is 79.7 Å². The largest absolute Gasteiger partial charge is 0.480 e. The van der Waals surface area contributed by atoms with E-state index >= 15 is 0 Å². The Balaban J connectivity index is 2.00. The van der Waals surface area contributed by atoms with Gasteiger partial charge in [-0.2, -0.15) is 0 Å². The summed E-state index contributed by atoms with van der Waals surface area (Å²) in [4.78, 5) is 178. The van der Waals surface area contributed by atoms with Crippen molar-refractivity contribution in [3.63, 3.8) is 0 Å². The molecule has 1 heterocycles. The molecular formula is C74H127N13O26. The number of aliphatic carboxylic acids is 1. The van der Waals surface area contributed by atoms with Gasteiger partial charge in [-0.3, -0.25) is 52.8 Å². The van der Waals surface area contributed by atoms with Gasteiger partial charge in [0.2, 0.25) is 59.1 Å². The number of aliphatic hydroxyl groups excluding tert-OH is 8. The Bertz CT molecular complexity index is 3150. The second kappa shape index (κ2) is 52.2. The highest BCUT2D eigenvalue weighted by Crippen LogP contribution is 2.30.